The average molecular weight is 533 g/mol. The average Bonchev–Trinajstić information content (AvgIpc) is 2.99. The maximum Gasteiger partial charge on any atom is 0.139 e. The van der Waals surface area contributed by atoms with Crippen molar-refractivity contribution in [3.8, 4) is 0 Å². The molecule has 2 fully saturated rings. The first kappa shape index (κ1) is 26.9. The highest BCUT2D eigenvalue weighted by molar-refractivity contribution is 5.96. The van der Waals surface area contributed by atoms with Gasteiger partial charge < -0.3 is 9.80 Å². The molecule has 0 unspecified atom stereocenters. The summed E-state index contributed by atoms with van der Waals surface area (Å²) in [6, 6.07) is 27.1. The van der Waals surface area contributed by atoms with Crippen LogP contribution < -0.4 is 9.80 Å². The molecular formula is C37H44N2O. The summed E-state index contributed by atoms with van der Waals surface area (Å²) >= 11 is 0. The number of nitrogens with zero attached hydrogens (tertiary/aromatic N) is 2. The Morgan fingerprint density at radius 3 is 1.38 bits per heavy atom. The molecule has 208 valence electrons. The lowest BCUT2D eigenvalue weighted by atomic mass is 9.81. The lowest BCUT2D eigenvalue weighted by Crippen LogP contribution is -2.42. The second-order valence-electron chi connectivity index (χ2n) is 12.7. The highest BCUT2D eigenvalue weighted by atomic mass is 16.1. The number of fused-ring (bicyclic) bond motifs is 2. The van der Waals surface area contributed by atoms with Crippen molar-refractivity contribution in [1.29, 1.82) is 0 Å². The number of benzene rings is 4. The topological polar surface area (TPSA) is 23.6 Å². The van der Waals surface area contributed by atoms with Gasteiger partial charge in [0.25, 0.3) is 0 Å². The number of hydrogen-bond donors (Lipinski definition) is 0. The van der Waals surface area contributed by atoms with E-state index >= 15 is 0 Å². The van der Waals surface area contributed by atoms with Crippen LogP contribution in [0.2, 0.25) is 0 Å². The third-order valence-electron chi connectivity index (χ3n) is 9.58. The van der Waals surface area contributed by atoms with Crippen molar-refractivity contribution in [2.45, 2.75) is 65.2 Å². The lowest BCUT2D eigenvalue weighted by molar-refractivity contribution is -0.128. The van der Waals surface area contributed by atoms with E-state index in [1.54, 1.807) is 0 Å². The summed E-state index contributed by atoms with van der Waals surface area (Å²) in [5, 5.41) is 5.30. The second kappa shape index (κ2) is 11.3. The highest BCUT2D eigenvalue weighted by Gasteiger charge is 2.33. The van der Waals surface area contributed by atoms with Gasteiger partial charge >= 0.3 is 0 Å². The van der Waals surface area contributed by atoms with Crippen molar-refractivity contribution >= 4 is 38.7 Å². The van der Waals surface area contributed by atoms with Crippen molar-refractivity contribution < 1.29 is 4.79 Å². The Hall–Kier alpha value is -3.33. The van der Waals surface area contributed by atoms with Gasteiger partial charge in [-0.05, 0) is 83.7 Å². The zero-order valence-electron chi connectivity index (χ0n) is 24.7. The molecule has 0 spiro atoms. The molecule has 2 aliphatic rings. The van der Waals surface area contributed by atoms with Crippen molar-refractivity contribution in [2.24, 2.45) is 11.8 Å². The van der Waals surface area contributed by atoms with Crippen molar-refractivity contribution in [3.63, 3.8) is 0 Å². The Balaban J connectivity index is 1.10. The summed E-state index contributed by atoms with van der Waals surface area (Å²) < 4.78 is 0. The van der Waals surface area contributed by atoms with E-state index in [4.69, 9.17) is 0 Å². The first-order valence-corrected chi connectivity index (χ1v) is 15.5. The van der Waals surface area contributed by atoms with E-state index < -0.39 is 0 Å². The van der Waals surface area contributed by atoms with Crippen LogP contribution in [0.5, 0.6) is 0 Å². The number of anilines is 2. The summed E-state index contributed by atoms with van der Waals surface area (Å²) in [6.07, 6.45) is 3.89. The fourth-order valence-corrected chi connectivity index (χ4v) is 6.96. The van der Waals surface area contributed by atoms with E-state index in [2.05, 4.69) is 110 Å². The van der Waals surface area contributed by atoms with Gasteiger partial charge in [0, 0.05) is 60.2 Å². The third kappa shape index (κ3) is 5.23. The lowest BCUT2D eigenvalue weighted by Gasteiger charge is -2.38. The molecule has 2 aliphatic heterocycles. The zero-order chi connectivity index (χ0) is 27.8. The Kier molecular flexibility index (Phi) is 7.57. The van der Waals surface area contributed by atoms with E-state index in [9.17, 15) is 4.79 Å². The van der Waals surface area contributed by atoms with Crippen LogP contribution in [0.3, 0.4) is 0 Å². The molecule has 0 radical (unpaired) electrons. The first-order valence-electron chi connectivity index (χ1n) is 15.5. The number of carbonyl (C=O) groups is 1. The summed E-state index contributed by atoms with van der Waals surface area (Å²) in [4.78, 5) is 18.7. The van der Waals surface area contributed by atoms with Gasteiger partial charge in [0.1, 0.15) is 5.78 Å². The van der Waals surface area contributed by atoms with E-state index in [1.165, 1.54) is 44.0 Å². The van der Waals surface area contributed by atoms with Crippen molar-refractivity contribution in [3.05, 3.63) is 83.9 Å². The molecule has 6 rings (SSSR count). The molecule has 2 saturated heterocycles. The van der Waals surface area contributed by atoms with Gasteiger partial charge in [-0.25, -0.2) is 0 Å². The van der Waals surface area contributed by atoms with Crippen LogP contribution in [0, 0.1) is 11.8 Å². The maximum atomic E-state index is 13.7. The van der Waals surface area contributed by atoms with E-state index in [0.29, 0.717) is 17.6 Å². The van der Waals surface area contributed by atoms with E-state index in [0.717, 1.165) is 51.9 Å². The molecule has 3 heteroatoms. The fourth-order valence-electron chi connectivity index (χ4n) is 6.96. The molecular weight excluding hydrogens is 488 g/mol. The summed E-state index contributed by atoms with van der Waals surface area (Å²) in [6.45, 7) is 12.9. The summed E-state index contributed by atoms with van der Waals surface area (Å²) in [5.41, 5.74) is 5.44. The number of piperidine rings is 2. The van der Waals surface area contributed by atoms with Crippen LogP contribution in [0.25, 0.3) is 21.5 Å². The molecule has 0 amide bonds. The Bertz CT molecular complexity index is 1390. The minimum Gasteiger partial charge on any atom is -0.371 e. The molecule has 0 aliphatic carbocycles. The predicted molar refractivity (Wildman–Crippen MR) is 171 cm³/mol. The third-order valence-corrected chi connectivity index (χ3v) is 9.58. The normalized spacial score (nSPS) is 17.4. The molecule has 3 nitrogen and oxygen atoms in total. The molecule has 4 aromatic carbocycles. The minimum atomic E-state index is 0.208. The van der Waals surface area contributed by atoms with E-state index in [1.807, 2.05) is 0 Å². The van der Waals surface area contributed by atoms with Crippen LogP contribution in [0.1, 0.15) is 76.3 Å². The molecule has 40 heavy (non-hydrogen) atoms. The van der Waals surface area contributed by atoms with Gasteiger partial charge in [-0.1, -0.05) is 76.2 Å². The molecule has 0 atom stereocenters. The molecule has 0 saturated carbocycles. The van der Waals surface area contributed by atoms with E-state index in [-0.39, 0.29) is 11.8 Å². The van der Waals surface area contributed by atoms with Crippen LogP contribution in [-0.2, 0) is 4.79 Å². The van der Waals surface area contributed by atoms with Crippen molar-refractivity contribution in [2.75, 3.05) is 36.0 Å². The minimum absolute atomic E-state index is 0.208. The Morgan fingerprint density at radius 2 is 1.00 bits per heavy atom. The quantitative estimate of drug-likeness (QED) is 0.248. The molecule has 0 N–H and O–H groups in total. The van der Waals surface area contributed by atoms with Gasteiger partial charge in [0.05, 0.1) is 0 Å². The summed E-state index contributed by atoms with van der Waals surface area (Å²) in [5.74, 6) is 1.98. The highest BCUT2D eigenvalue weighted by Crippen LogP contribution is 2.36. The SMILES string of the molecule is CC(C)c1ccc2cccc(N3CCC(C(=O)C4CCN(c5cccc6ccc(C(C)C)cc56)CC4)CC3)c2c1. The fraction of sp³-hybridized carbons (Fsp3) is 0.432. The number of rotatable bonds is 6. The Morgan fingerprint density at radius 1 is 0.600 bits per heavy atom. The molecule has 0 bridgehead atoms. The van der Waals surface area contributed by atoms with Gasteiger partial charge in [0.15, 0.2) is 0 Å². The van der Waals surface area contributed by atoms with Crippen LogP contribution in [-0.4, -0.2) is 32.0 Å². The van der Waals surface area contributed by atoms with Gasteiger partial charge in [-0.15, -0.1) is 0 Å². The predicted octanol–water partition coefficient (Wildman–Crippen LogP) is 8.94. The smallest absolute Gasteiger partial charge is 0.139 e. The standard InChI is InChI=1S/C37H44N2O/c1-25(2)31-13-11-27-7-5-9-35(33(27)23-31)38-19-15-29(16-20-38)37(40)30-17-21-39(22-18-30)36-10-6-8-28-12-14-32(26(3)4)24-34(28)36/h5-14,23-26,29-30H,15-22H2,1-4H3. The molecule has 2 heterocycles. The monoisotopic (exact) mass is 532 g/mol. The number of hydrogen-bond acceptors (Lipinski definition) is 3. The van der Waals surface area contributed by atoms with Gasteiger partial charge in [-0.3, -0.25) is 4.79 Å². The first-order chi connectivity index (χ1) is 19.4. The second-order valence-corrected chi connectivity index (χ2v) is 12.7. The maximum absolute atomic E-state index is 13.7. The number of ketones is 1. The molecule has 4 aromatic rings. The molecule has 0 aromatic heterocycles. The largest absolute Gasteiger partial charge is 0.371 e. The van der Waals surface area contributed by atoms with Crippen LogP contribution in [0.15, 0.2) is 72.8 Å². The van der Waals surface area contributed by atoms with Crippen LogP contribution >= 0.6 is 0 Å². The number of Topliss-reactive ketones (excluding diaryl/α,β-unsaturated/α-hetero) is 1. The van der Waals surface area contributed by atoms with Crippen LogP contribution in [0.4, 0.5) is 11.4 Å². The van der Waals surface area contributed by atoms with Gasteiger partial charge in [-0.2, -0.15) is 0 Å². The Labute approximate surface area is 240 Å². The van der Waals surface area contributed by atoms with Crippen molar-refractivity contribution in [1.82, 2.24) is 0 Å². The zero-order valence-corrected chi connectivity index (χ0v) is 24.7. The van der Waals surface area contributed by atoms with Gasteiger partial charge in [0.2, 0.25) is 0 Å². The summed E-state index contributed by atoms with van der Waals surface area (Å²) in [7, 11) is 0. The number of carbonyl (C=O) groups excluding carboxylic acids is 1.